The monoisotopic (exact) mass is 882 g/mol. The third-order valence-corrected chi connectivity index (χ3v) is 13.5. The van der Waals surface area contributed by atoms with Gasteiger partial charge in [0.05, 0.1) is 22.1 Å². The average molecular weight is 883 g/mol. The summed E-state index contributed by atoms with van der Waals surface area (Å²) >= 11 is 0. The van der Waals surface area contributed by atoms with Gasteiger partial charge < -0.3 is 13.6 Å². The van der Waals surface area contributed by atoms with Crippen molar-refractivity contribution in [3.8, 4) is 67.8 Å². The fourth-order valence-corrected chi connectivity index (χ4v) is 10.3. The van der Waals surface area contributed by atoms with Crippen LogP contribution in [-0.2, 0) is 0 Å². The lowest BCUT2D eigenvalue weighted by atomic mass is 10.0. The first-order chi connectivity index (χ1) is 34.2. The number of hydrogen-bond donors (Lipinski definition) is 0. The highest BCUT2D eigenvalue weighted by molar-refractivity contribution is 6.13. The molecule has 0 aliphatic carbocycles. The van der Waals surface area contributed by atoms with Crippen molar-refractivity contribution in [2.24, 2.45) is 0 Å². The van der Waals surface area contributed by atoms with E-state index in [1.54, 1.807) is 6.20 Å². The predicted octanol–water partition coefficient (Wildman–Crippen LogP) is 15.7. The molecule has 0 amide bonds. The van der Waals surface area contributed by atoms with Gasteiger partial charge in [-0.15, -0.1) is 0 Å². The molecule has 5 aromatic heterocycles. The van der Waals surface area contributed by atoms with Crippen molar-refractivity contribution >= 4 is 65.6 Å². The van der Waals surface area contributed by atoms with Gasteiger partial charge in [-0.3, -0.25) is 4.98 Å². The molecule has 14 aromatic rings. The van der Waals surface area contributed by atoms with Crippen molar-refractivity contribution in [2.75, 3.05) is 0 Å². The number of benzene rings is 9. The molecule has 0 saturated heterocycles. The minimum atomic E-state index is 0.554. The second kappa shape index (κ2) is 15.6. The summed E-state index contributed by atoms with van der Waals surface area (Å²) in [6.07, 6.45) is 3.59. The molecule has 322 valence electrons. The van der Waals surface area contributed by atoms with E-state index < -0.39 is 0 Å². The van der Waals surface area contributed by atoms with Gasteiger partial charge in [0.1, 0.15) is 11.2 Å². The molecule has 0 fully saturated rings. The zero-order valence-corrected chi connectivity index (χ0v) is 37.0. The van der Waals surface area contributed by atoms with Crippen LogP contribution < -0.4 is 0 Å². The molecule has 7 nitrogen and oxygen atoms in total. The molecule has 0 unspecified atom stereocenters. The maximum atomic E-state index is 6.29. The molecule has 7 heteroatoms. The van der Waals surface area contributed by atoms with E-state index in [0.29, 0.717) is 17.5 Å². The largest absolute Gasteiger partial charge is 0.456 e. The van der Waals surface area contributed by atoms with Crippen LogP contribution in [0, 0.1) is 0 Å². The second-order valence-electron chi connectivity index (χ2n) is 17.5. The average Bonchev–Trinajstić information content (AvgIpc) is 4.09. The van der Waals surface area contributed by atoms with Gasteiger partial charge in [0, 0.05) is 72.8 Å². The van der Waals surface area contributed by atoms with E-state index >= 15 is 0 Å². The van der Waals surface area contributed by atoms with Crippen LogP contribution in [0.25, 0.3) is 133 Å². The van der Waals surface area contributed by atoms with E-state index in [4.69, 9.17) is 19.4 Å². The molecular weight excluding hydrogens is 845 g/mol. The summed E-state index contributed by atoms with van der Waals surface area (Å²) in [6, 6.07) is 77.0. The Morgan fingerprint density at radius 3 is 1.54 bits per heavy atom. The highest BCUT2D eigenvalue weighted by Gasteiger charge is 2.20. The molecular formula is C62H38N6O. The Morgan fingerprint density at radius 2 is 0.841 bits per heavy atom. The Morgan fingerprint density at radius 1 is 0.319 bits per heavy atom. The van der Waals surface area contributed by atoms with E-state index in [-0.39, 0.29) is 0 Å². The number of para-hydroxylation sites is 3. The molecule has 0 bridgehead atoms. The first-order valence-corrected chi connectivity index (χ1v) is 23.1. The highest BCUT2D eigenvalue weighted by atomic mass is 16.3. The predicted molar refractivity (Wildman–Crippen MR) is 281 cm³/mol. The summed E-state index contributed by atoms with van der Waals surface area (Å²) in [5.41, 5.74) is 15.4. The number of nitrogens with zero attached hydrogens (tertiary/aromatic N) is 6. The van der Waals surface area contributed by atoms with Crippen molar-refractivity contribution in [3.63, 3.8) is 0 Å². The summed E-state index contributed by atoms with van der Waals surface area (Å²) in [5.74, 6) is 1.71. The topological polar surface area (TPSA) is 74.6 Å². The standard InChI is InChI=1S/C62H38N6O/c1-3-13-39(14-4-1)41-15-11-16-44(35-41)61-64-60(65-62(66-61)51-21-12-24-58-59(51)52-38-63-34-33-57(52)69-58)40-25-29-46(30-26-40)68-54-23-10-8-20-48(54)50-32-28-43(37-56(50)68)42-27-31-49-47-19-7-9-22-53(47)67(55(49)36-42)45-17-5-2-6-18-45/h1-38H. The first-order valence-electron chi connectivity index (χ1n) is 23.1. The van der Waals surface area contributed by atoms with Crippen molar-refractivity contribution in [1.29, 1.82) is 0 Å². The lowest BCUT2D eigenvalue weighted by Gasteiger charge is -2.12. The maximum absolute atomic E-state index is 6.29. The number of pyridine rings is 1. The van der Waals surface area contributed by atoms with E-state index in [0.717, 1.165) is 83.3 Å². The van der Waals surface area contributed by atoms with Crippen molar-refractivity contribution in [2.45, 2.75) is 0 Å². The zero-order chi connectivity index (χ0) is 45.4. The quantitative estimate of drug-likeness (QED) is 0.159. The van der Waals surface area contributed by atoms with Crippen molar-refractivity contribution in [3.05, 3.63) is 231 Å². The van der Waals surface area contributed by atoms with Crippen LogP contribution in [0.4, 0.5) is 0 Å². The van der Waals surface area contributed by atoms with Gasteiger partial charge in [0.15, 0.2) is 17.5 Å². The molecule has 0 radical (unpaired) electrons. The fourth-order valence-electron chi connectivity index (χ4n) is 10.3. The van der Waals surface area contributed by atoms with Crippen LogP contribution in [0.5, 0.6) is 0 Å². The van der Waals surface area contributed by atoms with E-state index in [1.165, 1.54) is 32.6 Å². The van der Waals surface area contributed by atoms with Crippen LogP contribution in [0.3, 0.4) is 0 Å². The number of aromatic nitrogens is 6. The Labute approximate surface area is 395 Å². The summed E-state index contributed by atoms with van der Waals surface area (Å²) in [4.78, 5) is 20.0. The molecule has 0 aliphatic rings. The lowest BCUT2D eigenvalue weighted by molar-refractivity contribution is 0.668. The summed E-state index contributed by atoms with van der Waals surface area (Å²) in [5, 5.41) is 6.69. The summed E-state index contributed by atoms with van der Waals surface area (Å²) < 4.78 is 11.0. The molecule has 0 spiro atoms. The summed E-state index contributed by atoms with van der Waals surface area (Å²) in [6.45, 7) is 0. The molecule has 0 saturated carbocycles. The minimum absolute atomic E-state index is 0.554. The van der Waals surface area contributed by atoms with Gasteiger partial charge in [-0.05, 0) is 101 Å². The number of hydrogen-bond acceptors (Lipinski definition) is 5. The molecule has 9 aromatic carbocycles. The number of furan rings is 1. The molecule has 0 atom stereocenters. The Balaban J connectivity index is 0.909. The van der Waals surface area contributed by atoms with Gasteiger partial charge in [-0.25, -0.2) is 15.0 Å². The Bertz CT molecular complexity index is 4300. The molecule has 5 heterocycles. The molecule has 69 heavy (non-hydrogen) atoms. The van der Waals surface area contributed by atoms with E-state index in [1.807, 2.05) is 36.5 Å². The van der Waals surface area contributed by atoms with Crippen LogP contribution in [0.15, 0.2) is 235 Å². The van der Waals surface area contributed by atoms with Gasteiger partial charge >= 0.3 is 0 Å². The summed E-state index contributed by atoms with van der Waals surface area (Å²) in [7, 11) is 0. The third kappa shape index (κ3) is 6.36. The maximum Gasteiger partial charge on any atom is 0.164 e. The smallest absolute Gasteiger partial charge is 0.164 e. The van der Waals surface area contributed by atoms with Crippen molar-refractivity contribution in [1.82, 2.24) is 29.1 Å². The van der Waals surface area contributed by atoms with Crippen molar-refractivity contribution < 1.29 is 4.42 Å². The van der Waals surface area contributed by atoms with Gasteiger partial charge in [0.25, 0.3) is 0 Å². The van der Waals surface area contributed by atoms with Gasteiger partial charge in [0.2, 0.25) is 0 Å². The Hall–Kier alpha value is -9.46. The van der Waals surface area contributed by atoms with Crippen LogP contribution in [0.2, 0.25) is 0 Å². The van der Waals surface area contributed by atoms with Gasteiger partial charge in [-0.1, -0.05) is 140 Å². The fraction of sp³-hybridized carbons (Fsp3) is 0. The van der Waals surface area contributed by atoms with Gasteiger partial charge in [-0.2, -0.15) is 0 Å². The molecule has 0 N–H and O–H groups in total. The number of rotatable bonds is 7. The first kappa shape index (κ1) is 38.8. The van der Waals surface area contributed by atoms with E-state index in [9.17, 15) is 0 Å². The molecule has 14 rings (SSSR count). The van der Waals surface area contributed by atoms with Crippen LogP contribution in [0.1, 0.15) is 0 Å². The zero-order valence-electron chi connectivity index (χ0n) is 37.0. The molecule has 0 aliphatic heterocycles. The number of fused-ring (bicyclic) bond motifs is 9. The third-order valence-electron chi connectivity index (χ3n) is 13.5. The normalized spacial score (nSPS) is 11.8. The SMILES string of the molecule is c1ccc(-c2cccc(-c3nc(-c4ccc(-n5c6ccccc6c6ccc(-c7ccc8c9ccccc9n(-c9ccccc9)c8c7)cc65)cc4)nc(-c4cccc5oc6ccncc6c45)n3)c2)cc1. The minimum Gasteiger partial charge on any atom is -0.456 e. The van der Waals surface area contributed by atoms with Crippen LogP contribution >= 0.6 is 0 Å². The Kier molecular flexibility index (Phi) is 8.75. The van der Waals surface area contributed by atoms with Crippen LogP contribution in [-0.4, -0.2) is 29.1 Å². The lowest BCUT2D eigenvalue weighted by Crippen LogP contribution is -2.01. The van der Waals surface area contributed by atoms with E-state index in [2.05, 4.69) is 202 Å². The highest BCUT2D eigenvalue weighted by Crippen LogP contribution is 2.40. The second-order valence-corrected chi connectivity index (χ2v) is 17.5.